The number of nitrogens with two attached hydrogens (primary N) is 1. The monoisotopic (exact) mass is 182 g/mol. The number of rotatable bonds is 5. The van der Waals surface area contributed by atoms with E-state index >= 15 is 0 Å². The third-order valence-electron chi connectivity index (χ3n) is 1.93. The topological polar surface area (TPSA) is 55.9 Å². The summed E-state index contributed by atoms with van der Waals surface area (Å²) in [6, 6.07) is 0. The van der Waals surface area contributed by atoms with Crippen LogP contribution < -0.4 is 11.1 Å². The van der Waals surface area contributed by atoms with Gasteiger partial charge in [0, 0.05) is 19.8 Å². The fourth-order valence-corrected chi connectivity index (χ4v) is 1.23. The van der Waals surface area contributed by atoms with Crippen LogP contribution in [0.15, 0.2) is 6.20 Å². The Morgan fingerprint density at radius 2 is 2.31 bits per heavy atom. The van der Waals surface area contributed by atoms with Crippen LogP contribution in [0.2, 0.25) is 0 Å². The Bertz CT molecular complexity index is 254. The summed E-state index contributed by atoms with van der Waals surface area (Å²) in [5, 5.41) is 7.40. The fraction of sp³-hybridized carbons (Fsp3) is 0.667. The van der Waals surface area contributed by atoms with Crippen molar-refractivity contribution in [2.45, 2.75) is 26.2 Å². The average Bonchev–Trinajstić information content (AvgIpc) is 2.39. The van der Waals surface area contributed by atoms with Gasteiger partial charge < -0.3 is 11.1 Å². The normalized spacial score (nSPS) is 10.3. The van der Waals surface area contributed by atoms with Gasteiger partial charge in [0.15, 0.2) is 5.82 Å². The van der Waals surface area contributed by atoms with Gasteiger partial charge in [-0.1, -0.05) is 19.8 Å². The summed E-state index contributed by atoms with van der Waals surface area (Å²) in [5.41, 5.74) is 6.43. The third kappa shape index (κ3) is 2.97. The molecule has 0 saturated carbocycles. The largest absolute Gasteiger partial charge is 0.394 e. The van der Waals surface area contributed by atoms with Gasteiger partial charge in [-0.2, -0.15) is 5.10 Å². The van der Waals surface area contributed by atoms with Gasteiger partial charge in [0.1, 0.15) is 0 Å². The Balaban J connectivity index is 2.32. The van der Waals surface area contributed by atoms with Gasteiger partial charge in [-0.3, -0.25) is 4.68 Å². The number of nitrogens with zero attached hydrogens (tertiary/aromatic N) is 2. The molecule has 4 heteroatoms. The molecule has 0 amide bonds. The fourth-order valence-electron chi connectivity index (χ4n) is 1.23. The first kappa shape index (κ1) is 9.89. The summed E-state index contributed by atoms with van der Waals surface area (Å²) in [6.07, 6.45) is 5.47. The van der Waals surface area contributed by atoms with Crippen LogP contribution in [0.5, 0.6) is 0 Å². The highest BCUT2D eigenvalue weighted by Gasteiger charge is 2.01. The Hall–Kier alpha value is -1.19. The maximum Gasteiger partial charge on any atom is 0.171 e. The Labute approximate surface area is 79.1 Å². The third-order valence-corrected chi connectivity index (χ3v) is 1.93. The molecule has 0 spiro atoms. The van der Waals surface area contributed by atoms with E-state index in [9.17, 15) is 0 Å². The Kier molecular flexibility index (Phi) is 3.61. The molecule has 1 heterocycles. The van der Waals surface area contributed by atoms with E-state index in [1.807, 2.05) is 13.2 Å². The van der Waals surface area contributed by atoms with E-state index in [1.165, 1.54) is 19.3 Å². The number of anilines is 2. The molecule has 1 rings (SSSR count). The zero-order valence-corrected chi connectivity index (χ0v) is 8.38. The van der Waals surface area contributed by atoms with Gasteiger partial charge >= 0.3 is 0 Å². The predicted molar refractivity (Wildman–Crippen MR) is 55.6 cm³/mol. The highest BCUT2D eigenvalue weighted by molar-refractivity contribution is 5.59. The molecule has 0 fully saturated rings. The molecule has 0 aliphatic carbocycles. The number of nitrogens with one attached hydrogen (secondary N) is 1. The van der Waals surface area contributed by atoms with Crippen molar-refractivity contribution in [3.63, 3.8) is 0 Å². The minimum atomic E-state index is 0.721. The zero-order valence-electron chi connectivity index (χ0n) is 8.38. The van der Waals surface area contributed by atoms with Crippen LogP contribution in [0.4, 0.5) is 11.5 Å². The second-order valence-corrected chi connectivity index (χ2v) is 3.24. The summed E-state index contributed by atoms with van der Waals surface area (Å²) in [5.74, 6) is 0.804. The number of unbranched alkanes of at least 4 members (excludes halogenated alkanes) is 2. The summed E-state index contributed by atoms with van der Waals surface area (Å²) in [6.45, 7) is 3.14. The number of aromatic nitrogens is 2. The SMILES string of the molecule is CCCCCNc1nn(C)cc1N. The average molecular weight is 182 g/mol. The standard InChI is InChI=1S/C9H18N4/c1-3-4-5-6-11-9-8(10)7-13(2)12-9/h7H,3-6,10H2,1-2H3,(H,11,12). The zero-order chi connectivity index (χ0) is 9.68. The Morgan fingerprint density at radius 1 is 1.54 bits per heavy atom. The maximum absolute atomic E-state index is 5.71. The van der Waals surface area contributed by atoms with Gasteiger partial charge in [0.05, 0.1) is 5.69 Å². The highest BCUT2D eigenvalue weighted by Crippen LogP contribution is 2.13. The molecule has 0 aliphatic heterocycles. The minimum Gasteiger partial charge on any atom is -0.394 e. The van der Waals surface area contributed by atoms with Crippen molar-refractivity contribution < 1.29 is 0 Å². The predicted octanol–water partition coefficient (Wildman–Crippen LogP) is 1.60. The molecule has 0 radical (unpaired) electrons. The Morgan fingerprint density at radius 3 is 2.85 bits per heavy atom. The second-order valence-electron chi connectivity index (χ2n) is 3.24. The van der Waals surface area contributed by atoms with Crippen molar-refractivity contribution in [1.82, 2.24) is 9.78 Å². The quantitative estimate of drug-likeness (QED) is 0.680. The first-order chi connectivity index (χ1) is 6.24. The summed E-state index contributed by atoms with van der Waals surface area (Å²) >= 11 is 0. The molecule has 1 aromatic rings. The van der Waals surface area contributed by atoms with Gasteiger partial charge in [-0.15, -0.1) is 0 Å². The highest BCUT2D eigenvalue weighted by atomic mass is 15.3. The lowest BCUT2D eigenvalue weighted by molar-refractivity contribution is 0.734. The van der Waals surface area contributed by atoms with E-state index in [1.54, 1.807) is 4.68 Å². The first-order valence-electron chi connectivity index (χ1n) is 4.77. The molecular formula is C9H18N4. The number of hydrogen-bond donors (Lipinski definition) is 2. The van der Waals surface area contributed by atoms with Crippen molar-refractivity contribution in [3.8, 4) is 0 Å². The molecule has 3 N–H and O–H groups in total. The van der Waals surface area contributed by atoms with Crippen molar-refractivity contribution in [2.75, 3.05) is 17.6 Å². The first-order valence-corrected chi connectivity index (χ1v) is 4.77. The molecule has 0 saturated heterocycles. The summed E-state index contributed by atoms with van der Waals surface area (Å²) < 4.78 is 1.72. The van der Waals surface area contributed by atoms with E-state index in [2.05, 4.69) is 17.3 Å². The van der Waals surface area contributed by atoms with E-state index in [-0.39, 0.29) is 0 Å². The molecule has 0 bridgehead atoms. The molecule has 74 valence electrons. The van der Waals surface area contributed by atoms with Crippen LogP contribution in [0.3, 0.4) is 0 Å². The molecule has 4 nitrogen and oxygen atoms in total. The van der Waals surface area contributed by atoms with Crippen molar-refractivity contribution >= 4 is 11.5 Å². The van der Waals surface area contributed by atoms with E-state index < -0.39 is 0 Å². The number of aryl methyl sites for hydroxylation is 1. The van der Waals surface area contributed by atoms with Crippen molar-refractivity contribution in [2.24, 2.45) is 7.05 Å². The molecule has 1 aromatic heterocycles. The molecule has 0 aliphatic rings. The van der Waals surface area contributed by atoms with Crippen LogP contribution in [-0.4, -0.2) is 16.3 Å². The molecular weight excluding hydrogens is 164 g/mol. The van der Waals surface area contributed by atoms with E-state index in [4.69, 9.17) is 5.73 Å². The van der Waals surface area contributed by atoms with Crippen LogP contribution >= 0.6 is 0 Å². The lowest BCUT2D eigenvalue weighted by Gasteiger charge is -2.02. The van der Waals surface area contributed by atoms with Gasteiger partial charge in [0.25, 0.3) is 0 Å². The maximum atomic E-state index is 5.71. The number of nitrogen functional groups attached to an aromatic ring is 1. The van der Waals surface area contributed by atoms with Gasteiger partial charge in [-0.05, 0) is 6.42 Å². The summed E-state index contributed by atoms with van der Waals surface area (Å²) in [7, 11) is 1.87. The van der Waals surface area contributed by atoms with Crippen LogP contribution in [0.25, 0.3) is 0 Å². The van der Waals surface area contributed by atoms with E-state index in [0.29, 0.717) is 0 Å². The molecule has 0 unspecified atom stereocenters. The van der Waals surface area contributed by atoms with Gasteiger partial charge in [0.2, 0.25) is 0 Å². The smallest absolute Gasteiger partial charge is 0.171 e. The second kappa shape index (κ2) is 4.74. The lowest BCUT2D eigenvalue weighted by atomic mass is 10.2. The van der Waals surface area contributed by atoms with E-state index in [0.717, 1.165) is 18.1 Å². The van der Waals surface area contributed by atoms with Crippen LogP contribution in [-0.2, 0) is 7.05 Å². The van der Waals surface area contributed by atoms with Crippen molar-refractivity contribution in [3.05, 3.63) is 6.20 Å². The lowest BCUT2D eigenvalue weighted by Crippen LogP contribution is -2.04. The van der Waals surface area contributed by atoms with Crippen LogP contribution in [0, 0.1) is 0 Å². The molecule has 0 atom stereocenters. The summed E-state index contributed by atoms with van der Waals surface area (Å²) in [4.78, 5) is 0. The van der Waals surface area contributed by atoms with Crippen molar-refractivity contribution in [1.29, 1.82) is 0 Å². The van der Waals surface area contributed by atoms with Gasteiger partial charge in [-0.25, -0.2) is 0 Å². The molecule has 0 aromatic carbocycles. The molecule has 13 heavy (non-hydrogen) atoms. The number of hydrogen-bond acceptors (Lipinski definition) is 3. The van der Waals surface area contributed by atoms with Crippen LogP contribution in [0.1, 0.15) is 26.2 Å². The minimum absolute atomic E-state index is 0.721.